The van der Waals surface area contributed by atoms with E-state index in [1.165, 1.54) is 4.90 Å². The maximum atomic E-state index is 12.5. The number of hydrogen-bond donors (Lipinski definition) is 2. The third-order valence-corrected chi connectivity index (χ3v) is 3.89. The van der Waals surface area contributed by atoms with Crippen molar-refractivity contribution in [2.24, 2.45) is 0 Å². The van der Waals surface area contributed by atoms with Crippen molar-refractivity contribution in [2.75, 3.05) is 6.54 Å². The van der Waals surface area contributed by atoms with Gasteiger partial charge in [0, 0.05) is 18.3 Å². The van der Waals surface area contributed by atoms with Crippen LogP contribution in [-0.4, -0.2) is 40.3 Å². The number of nitrogens with zero attached hydrogens (tertiary/aromatic N) is 1. The van der Waals surface area contributed by atoms with Crippen molar-refractivity contribution < 1.29 is 14.3 Å². The molecule has 0 bridgehead atoms. The standard InChI is InChI=1S/C17H24N2O3S/c1-17(2,3)22-16(21)19-11-13(23)9-14(19)15(20)18-10-12-7-5-4-6-8-12/h4-8,13-14,23H,9-11H2,1-3H3,(H,18,20)/t13-,14-/m0/s1. The summed E-state index contributed by atoms with van der Waals surface area (Å²) in [6, 6.07) is 9.14. The van der Waals surface area contributed by atoms with Crippen LogP contribution in [0, 0.1) is 0 Å². The van der Waals surface area contributed by atoms with E-state index < -0.39 is 17.7 Å². The van der Waals surface area contributed by atoms with Crippen LogP contribution in [0.5, 0.6) is 0 Å². The van der Waals surface area contributed by atoms with Gasteiger partial charge in [0.05, 0.1) is 0 Å². The van der Waals surface area contributed by atoms with Gasteiger partial charge in [-0.15, -0.1) is 0 Å². The number of hydrogen-bond acceptors (Lipinski definition) is 4. The molecule has 1 fully saturated rings. The Labute approximate surface area is 142 Å². The molecule has 0 saturated carbocycles. The lowest BCUT2D eigenvalue weighted by Crippen LogP contribution is -2.47. The van der Waals surface area contributed by atoms with Crippen LogP contribution >= 0.6 is 12.6 Å². The zero-order valence-electron chi connectivity index (χ0n) is 13.8. The van der Waals surface area contributed by atoms with Gasteiger partial charge in [0.25, 0.3) is 0 Å². The van der Waals surface area contributed by atoms with Gasteiger partial charge in [-0.1, -0.05) is 30.3 Å². The monoisotopic (exact) mass is 336 g/mol. The second-order valence-electron chi connectivity index (χ2n) is 6.74. The average Bonchev–Trinajstić information content (AvgIpc) is 2.86. The number of carbonyl (C=O) groups excluding carboxylic acids is 2. The number of ether oxygens (including phenoxy) is 1. The quantitative estimate of drug-likeness (QED) is 0.834. The normalized spacial score (nSPS) is 21.1. The maximum absolute atomic E-state index is 12.5. The molecule has 0 aromatic heterocycles. The van der Waals surface area contributed by atoms with E-state index in [1.54, 1.807) is 0 Å². The number of thiol groups is 1. The Bertz CT molecular complexity index is 557. The smallest absolute Gasteiger partial charge is 0.411 e. The largest absolute Gasteiger partial charge is 0.444 e. The van der Waals surface area contributed by atoms with Gasteiger partial charge in [0.1, 0.15) is 11.6 Å². The molecule has 0 unspecified atom stereocenters. The predicted octanol–water partition coefficient (Wildman–Crippen LogP) is 2.61. The van der Waals surface area contributed by atoms with E-state index in [0.717, 1.165) is 5.56 Å². The summed E-state index contributed by atoms with van der Waals surface area (Å²) in [7, 11) is 0. The lowest BCUT2D eigenvalue weighted by atomic mass is 10.2. The molecule has 2 amide bonds. The van der Waals surface area contributed by atoms with E-state index in [2.05, 4.69) is 17.9 Å². The van der Waals surface area contributed by atoms with Gasteiger partial charge >= 0.3 is 6.09 Å². The Morgan fingerprint density at radius 1 is 1.30 bits per heavy atom. The molecule has 0 aliphatic carbocycles. The summed E-state index contributed by atoms with van der Waals surface area (Å²) in [6.07, 6.45) is 0.0668. The summed E-state index contributed by atoms with van der Waals surface area (Å²) in [5, 5.41) is 2.87. The van der Waals surface area contributed by atoms with Crippen LogP contribution in [0.4, 0.5) is 4.79 Å². The summed E-state index contributed by atoms with van der Waals surface area (Å²) >= 11 is 4.42. The first-order valence-electron chi connectivity index (χ1n) is 7.75. The molecule has 1 saturated heterocycles. The Morgan fingerprint density at radius 3 is 2.57 bits per heavy atom. The van der Waals surface area contributed by atoms with Crippen LogP contribution in [0.2, 0.25) is 0 Å². The molecule has 2 atom stereocenters. The van der Waals surface area contributed by atoms with Crippen molar-refractivity contribution in [1.29, 1.82) is 0 Å². The van der Waals surface area contributed by atoms with E-state index in [0.29, 0.717) is 19.5 Å². The minimum Gasteiger partial charge on any atom is -0.444 e. The van der Waals surface area contributed by atoms with Gasteiger partial charge in [0.2, 0.25) is 5.91 Å². The number of carbonyl (C=O) groups is 2. The fraction of sp³-hybridized carbons (Fsp3) is 0.529. The number of nitrogens with one attached hydrogen (secondary N) is 1. The molecule has 0 spiro atoms. The average molecular weight is 336 g/mol. The highest BCUT2D eigenvalue weighted by atomic mass is 32.1. The van der Waals surface area contributed by atoms with Gasteiger partial charge in [-0.3, -0.25) is 9.69 Å². The predicted molar refractivity (Wildman–Crippen MR) is 92.4 cm³/mol. The van der Waals surface area contributed by atoms with Crippen LogP contribution in [-0.2, 0) is 16.1 Å². The molecule has 1 aliphatic heterocycles. The molecule has 5 nitrogen and oxygen atoms in total. The molecule has 1 aromatic rings. The summed E-state index contributed by atoms with van der Waals surface area (Å²) in [5.41, 5.74) is 0.432. The van der Waals surface area contributed by atoms with Crippen LogP contribution < -0.4 is 5.32 Å². The van der Waals surface area contributed by atoms with Crippen molar-refractivity contribution in [3.05, 3.63) is 35.9 Å². The van der Waals surface area contributed by atoms with Crippen LogP contribution in [0.25, 0.3) is 0 Å². The Hall–Kier alpha value is -1.69. The van der Waals surface area contributed by atoms with Gasteiger partial charge in [-0.25, -0.2) is 4.79 Å². The zero-order chi connectivity index (χ0) is 17.0. The molecular formula is C17H24N2O3S. The Balaban J connectivity index is 1.98. The molecular weight excluding hydrogens is 312 g/mol. The highest BCUT2D eigenvalue weighted by Crippen LogP contribution is 2.24. The minimum atomic E-state index is -0.586. The third kappa shape index (κ3) is 5.16. The summed E-state index contributed by atoms with van der Waals surface area (Å²) < 4.78 is 5.39. The number of likely N-dealkylation sites (tertiary alicyclic amines) is 1. The van der Waals surface area contributed by atoms with Gasteiger partial charge in [-0.2, -0.15) is 12.6 Å². The number of rotatable bonds is 3. The molecule has 6 heteroatoms. The fourth-order valence-corrected chi connectivity index (χ4v) is 2.86. The number of amides is 2. The van der Waals surface area contributed by atoms with Gasteiger partial charge in [0.15, 0.2) is 0 Å². The van der Waals surface area contributed by atoms with Crippen molar-refractivity contribution in [1.82, 2.24) is 10.2 Å². The molecule has 1 N–H and O–H groups in total. The van der Waals surface area contributed by atoms with E-state index >= 15 is 0 Å². The van der Waals surface area contributed by atoms with E-state index in [-0.39, 0.29) is 11.2 Å². The van der Waals surface area contributed by atoms with Gasteiger partial charge < -0.3 is 10.1 Å². The third-order valence-electron chi connectivity index (χ3n) is 3.52. The van der Waals surface area contributed by atoms with Crippen molar-refractivity contribution in [3.8, 4) is 0 Å². The first-order valence-corrected chi connectivity index (χ1v) is 8.27. The highest BCUT2D eigenvalue weighted by Gasteiger charge is 2.40. The van der Waals surface area contributed by atoms with Crippen LogP contribution in [0.1, 0.15) is 32.8 Å². The van der Waals surface area contributed by atoms with E-state index in [4.69, 9.17) is 4.74 Å². The molecule has 126 valence electrons. The van der Waals surface area contributed by atoms with Crippen LogP contribution in [0.15, 0.2) is 30.3 Å². The summed E-state index contributed by atoms with van der Waals surface area (Å²) in [6.45, 7) is 6.29. The molecule has 23 heavy (non-hydrogen) atoms. The summed E-state index contributed by atoms with van der Waals surface area (Å²) in [5.74, 6) is -0.170. The lowest BCUT2D eigenvalue weighted by molar-refractivity contribution is -0.125. The maximum Gasteiger partial charge on any atom is 0.411 e. The number of benzene rings is 1. The lowest BCUT2D eigenvalue weighted by Gasteiger charge is -2.28. The molecule has 1 aliphatic rings. The highest BCUT2D eigenvalue weighted by molar-refractivity contribution is 7.81. The second-order valence-corrected chi connectivity index (χ2v) is 7.47. The van der Waals surface area contributed by atoms with E-state index in [1.807, 2.05) is 51.1 Å². The molecule has 1 aromatic carbocycles. The first-order chi connectivity index (χ1) is 10.8. The van der Waals surface area contributed by atoms with Crippen molar-refractivity contribution in [3.63, 3.8) is 0 Å². The Morgan fingerprint density at radius 2 is 1.96 bits per heavy atom. The fourth-order valence-electron chi connectivity index (χ4n) is 2.49. The SMILES string of the molecule is CC(C)(C)OC(=O)N1C[C@@H](S)C[C@H]1C(=O)NCc1ccccc1. The summed E-state index contributed by atoms with van der Waals surface area (Å²) in [4.78, 5) is 26.2. The minimum absolute atomic E-state index is 0.0185. The van der Waals surface area contributed by atoms with Crippen LogP contribution in [0.3, 0.4) is 0 Å². The molecule has 2 rings (SSSR count). The molecule has 0 radical (unpaired) electrons. The second kappa shape index (κ2) is 7.25. The molecule has 1 heterocycles. The zero-order valence-corrected chi connectivity index (χ0v) is 14.7. The van der Waals surface area contributed by atoms with E-state index in [9.17, 15) is 9.59 Å². The van der Waals surface area contributed by atoms with Crippen molar-refractivity contribution in [2.45, 2.75) is 50.6 Å². The van der Waals surface area contributed by atoms with Crippen molar-refractivity contribution >= 4 is 24.6 Å². The topological polar surface area (TPSA) is 58.6 Å². The first kappa shape index (κ1) is 17.7. The van der Waals surface area contributed by atoms with Gasteiger partial charge in [-0.05, 0) is 32.8 Å². The Kier molecular flexibility index (Phi) is 5.57.